The normalized spacial score (nSPS) is 12.2. The van der Waals surface area contributed by atoms with Gasteiger partial charge in [0.2, 0.25) is 0 Å². The molecule has 0 spiro atoms. The van der Waals surface area contributed by atoms with Gasteiger partial charge < -0.3 is 0 Å². The molecule has 0 saturated heterocycles. The van der Waals surface area contributed by atoms with Gasteiger partial charge in [0.1, 0.15) is 0 Å². The molecule has 1 aromatic rings. The van der Waals surface area contributed by atoms with Crippen LogP contribution >= 0.6 is 0 Å². The van der Waals surface area contributed by atoms with Crippen LogP contribution in [0.5, 0.6) is 0 Å². The highest BCUT2D eigenvalue weighted by Crippen LogP contribution is 2.26. The zero-order chi connectivity index (χ0) is 12.6. The summed E-state index contributed by atoms with van der Waals surface area (Å²) in [6.07, 6.45) is 2.28. The van der Waals surface area contributed by atoms with Gasteiger partial charge in [-0.05, 0) is 38.3 Å². The Balaban J connectivity index is 0.000000509. The van der Waals surface area contributed by atoms with Gasteiger partial charge >= 0.3 is 0 Å². The van der Waals surface area contributed by atoms with E-state index in [2.05, 4.69) is 37.0 Å². The van der Waals surface area contributed by atoms with Crippen LogP contribution in [-0.2, 0) is 6.42 Å². The predicted octanol–water partition coefficient (Wildman–Crippen LogP) is 5.09. The van der Waals surface area contributed by atoms with Gasteiger partial charge in [-0.15, -0.1) is 0 Å². The molecule has 0 radical (unpaired) electrons. The average Bonchev–Trinajstić information content (AvgIpc) is 2.35. The number of aryl methyl sites for hydroxylation is 2. The van der Waals surface area contributed by atoms with Gasteiger partial charge in [0.05, 0.1) is 5.69 Å². The molecule has 0 aliphatic carbocycles. The maximum atomic E-state index is 4.50. The van der Waals surface area contributed by atoms with E-state index in [1.54, 1.807) is 0 Å². The largest absolute Gasteiger partial charge is 0.258 e. The van der Waals surface area contributed by atoms with E-state index < -0.39 is 0 Å². The van der Waals surface area contributed by atoms with Crippen LogP contribution in [0.4, 0.5) is 5.69 Å². The highest BCUT2D eigenvalue weighted by molar-refractivity contribution is 5.87. The van der Waals surface area contributed by atoms with Gasteiger partial charge in [-0.3, -0.25) is 4.99 Å². The minimum absolute atomic E-state index is 1.12. The van der Waals surface area contributed by atoms with Gasteiger partial charge in [0, 0.05) is 5.71 Å². The topological polar surface area (TPSA) is 12.4 Å². The standard InChI is InChI=1S/C11H13N.2C2H6/c1-8-3-6-11-10(7-8)5-4-9(2)12-11;2*1-2/h3,6-7H,4-5H2,1-2H3;2*1-2H3. The van der Waals surface area contributed by atoms with Crippen LogP contribution in [0.25, 0.3) is 0 Å². The van der Waals surface area contributed by atoms with Crippen molar-refractivity contribution in [3.63, 3.8) is 0 Å². The molecule has 2 rings (SSSR count). The van der Waals surface area contributed by atoms with Gasteiger partial charge in [-0.1, -0.05) is 45.4 Å². The third kappa shape index (κ3) is 4.18. The predicted molar refractivity (Wildman–Crippen MR) is 75.0 cm³/mol. The molecule has 0 bridgehead atoms. The van der Waals surface area contributed by atoms with Crippen LogP contribution in [0, 0.1) is 6.92 Å². The summed E-state index contributed by atoms with van der Waals surface area (Å²) in [5.74, 6) is 0. The Bertz CT molecular complexity index is 337. The number of rotatable bonds is 0. The van der Waals surface area contributed by atoms with Crippen LogP contribution in [-0.4, -0.2) is 5.71 Å². The summed E-state index contributed by atoms with van der Waals surface area (Å²) in [4.78, 5) is 4.50. The first-order valence-corrected chi connectivity index (χ1v) is 6.39. The number of benzene rings is 1. The third-order valence-corrected chi connectivity index (χ3v) is 2.30. The van der Waals surface area contributed by atoms with E-state index in [0.717, 1.165) is 12.8 Å². The average molecular weight is 219 g/mol. The molecule has 1 heterocycles. The van der Waals surface area contributed by atoms with E-state index in [9.17, 15) is 0 Å². The molecular formula is C15H25N. The maximum absolute atomic E-state index is 4.50. The first-order chi connectivity index (χ1) is 7.75. The SMILES string of the molecule is CC.CC.CC1=Nc2ccc(C)cc2CC1. The molecular weight excluding hydrogens is 194 g/mol. The maximum Gasteiger partial charge on any atom is 0.0661 e. The monoisotopic (exact) mass is 219 g/mol. The van der Waals surface area contributed by atoms with Crippen LogP contribution in [0.2, 0.25) is 0 Å². The van der Waals surface area contributed by atoms with Gasteiger partial charge in [-0.2, -0.15) is 0 Å². The Labute approximate surface area is 101 Å². The molecule has 0 fully saturated rings. The van der Waals surface area contributed by atoms with Crippen LogP contribution in [0.1, 0.15) is 52.2 Å². The molecule has 1 aliphatic rings. The van der Waals surface area contributed by atoms with Crippen molar-refractivity contribution in [2.75, 3.05) is 0 Å². The number of hydrogen-bond acceptors (Lipinski definition) is 1. The van der Waals surface area contributed by atoms with Crippen molar-refractivity contribution in [3.05, 3.63) is 29.3 Å². The number of nitrogens with zero attached hydrogens (tertiary/aromatic N) is 1. The lowest BCUT2D eigenvalue weighted by molar-refractivity contribution is 0.998. The van der Waals surface area contributed by atoms with Crippen molar-refractivity contribution in [2.24, 2.45) is 4.99 Å². The van der Waals surface area contributed by atoms with E-state index in [1.165, 1.54) is 22.5 Å². The minimum atomic E-state index is 1.12. The molecule has 1 aromatic carbocycles. The lowest BCUT2D eigenvalue weighted by Crippen LogP contribution is -2.01. The summed E-state index contributed by atoms with van der Waals surface area (Å²) in [5, 5.41) is 0. The van der Waals surface area contributed by atoms with Gasteiger partial charge in [0.25, 0.3) is 0 Å². The molecule has 0 aromatic heterocycles. The van der Waals surface area contributed by atoms with E-state index in [0.29, 0.717) is 0 Å². The molecule has 90 valence electrons. The number of hydrogen-bond donors (Lipinski definition) is 0. The molecule has 0 N–H and O–H groups in total. The Morgan fingerprint density at radius 3 is 2.19 bits per heavy atom. The van der Waals surface area contributed by atoms with E-state index in [-0.39, 0.29) is 0 Å². The second-order valence-corrected chi connectivity index (χ2v) is 3.48. The Morgan fingerprint density at radius 1 is 0.938 bits per heavy atom. The van der Waals surface area contributed by atoms with Crippen LogP contribution in [0.3, 0.4) is 0 Å². The van der Waals surface area contributed by atoms with Gasteiger partial charge in [0.15, 0.2) is 0 Å². The van der Waals surface area contributed by atoms with Gasteiger partial charge in [-0.25, -0.2) is 0 Å². The molecule has 0 amide bonds. The lowest BCUT2D eigenvalue weighted by Gasteiger charge is -2.12. The van der Waals surface area contributed by atoms with Crippen molar-refractivity contribution in [3.8, 4) is 0 Å². The van der Waals surface area contributed by atoms with E-state index >= 15 is 0 Å². The Morgan fingerprint density at radius 2 is 1.56 bits per heavy atom. The molecule has 16 heavy (non-hydrogen) atoms. The first-order valence-electron chi connectivity index (χ1n) is 6.39. The summed E-state index contributed by atoms with van der Waals surface area (Å²) in [5.41, 5.74) is 5.17. The fraction of sp³-hybridized carbons (Fsp3) is 0.533. The highest BCUT2D eigenvalue weighted by atomic mass is 14.8. The molecule has 0 atom stereocenters. The molecule has 0 unspecified atom stereocenters. The first kappa shape index (κ1) is 14.9. The number of aliphatic imine (C=N–C) groups is 1. The molecule has 0 saturated carbocycles. The summed E-state index contributed by atoms with van der Waals surface area (Å²) in [6, 6.07) is 6.49. The second kappa shape index (κ2) is 8.09. The molecule has 1 aliphatic heterocycles. The van der Waals surface area contributed by atoms with Crippen molar-refractivity contribution < 1.29 is 0 Å². The lowest BCUT2D eigenvalue weighted by atomic mass is 10.0. The van der Waals surface area contributed by atoms with Crippen LogP contribution in [0.15, 0.2) is 23.2 Å². The van der Waals surface area contributed by atoms with Crippen molar-refractivity contribution in [2.45, 2.75) is 54.4 Å². The van der Waals surface area contributed by atoms with Crippen molar-refractivity contribution in [1.29, 1.82) is 0 Å². The molecule has 1 heteroatoms. The summed E-state index contributed by atoms with van der Waals surface area (Å²) in [7, 11) is 0. The fourth-order valence-corrected chi connectivity index (χ4v) is 1.60. The zero-order valence-corrected chi connectivity index (χ0v) is 11.6. The number of fused-ring (bicyclic) bond motifs is 1. The van der Waals surface area contributed by atoms with Crippen molar-refractivity contribution >= 4 is 11.4 Å². The fourth-order valence-electron chi connectivity index (χ4n) is 1.60. The second-order valence-electron chi connectivity index (χ2n) is 3.48. The Kier molecular flexibility index (Phi) is 7.53. The van der Waals surface area contributed by atoms with Crippen molar-refractivity contribution in [1.82, 2.24) is 0 Å². The summed E-state index contributed by atoms with van der Waals surface area (Å²) >= 11 is 0. The Hall–Kier alpha value is -1.11. The zero-order valence-electron chi connectivity index (χ0n) is 11.6. The van der Waals surface area contributed by atoms with E-state index in [1.807, 2.05) is 27.7 Å². The van der Waals surface area contributed by atoms with E-state index in [4.69, 9.17) is 0 Å². The minimum Gasteiger partial charge on any atom is -0.258 e. The quantitative estimate of drug-likeness (QED) is 0.576. The highest BCUT2D eigenvalue weighted by Gasteiger charge is 2.07. The smallest absolute Gasteiger partial charge is 0.0661 e. The van der Waals surface area contributed by atoms with Crippen LogP contribution < -0.4 is 0 Å². The molecule has 1 nitrogen and oxygen atoms in total. The summed E-state index contributed by atoms with van der Waals surface area (Å²) < 4.78 is 0. The third-order valence-electron chi connectivity index (χ3n) is 2.30. The summed E-state index contributed by atoms with van der Waals surface area (Å²) in [6.45, 7) is 12.2.